The van der Waals surface area contributed by atoms with E-state index in [2.05, 4.69) is 0 Å². The lowest BCUT2D eigenvalue weighted by molar-refractivity contribution is -0.159. The zero-order valence-electron chi connectivity index (χ0n) is 12.8. The molecule has 7 heteroatoms. The summed E-state index contributed by atoms with van der Waals surface area (Å²) in [5.41, 5.74) is 1.46. The first-order valence-corrected chi connectivity index (χ1v) is 7.47. The number of hydrogen-bond acceptors (Lipinski definition) is 4. The van der Waals surface area contributed by atoms with Gasteiger partial charge in [0.15, 0.2) is 6.04 Å². The molecule has 3 rings (SSSR count). The number of morpholine rings is 1. The molecular formula is C16H18N2O5. The van der Waals surface area contributed by atoms with Crippen LogP contribution in [0, 0.1) is 0 Å². The molecular weight excluding hydrogens is 300 g/mol. The van der Waals surface area contributed by atoms with Crippen LogP contribution < -0.4 is 4.90 Å². The molecule has 0 saturated carbocycles. The van der Waals surface area contributed by atoms with Gasteiger partial charge < -0.3 is 19.6 Å². The molecule has 2 amide bonds. The lowest BCUT2D eigenvalue weighted by atomic mass is 9.88. The molecule has 0 spiro atoms. The Morgan fingerprint density at radius 1 is 1.30 bits per heavy atom. The van der Waals surface area contributed by atoms with Crippen LogP contribution in [-0.4, -0.2) is 60.6 Å². The number of carboxylic acid groups (broad SMARTS) is 1. The quantitative estimate of drug-likeness (QED) is 0.855. The molecule has 7 nitrogen and oxygen atoms in total. The van der Waals surface area contributed by atoms with Crippen molar-refractivity contribution in [2.24, 2.45) is 0 Å². The standard InChI is InChI=1S/C16H18N2O5/c1-17-12-5-3-2-4-10(12)11(8-14(17)19)15(20)18-6-7-23-9-13(18)16(21)22/h2-5,11,13H,6-9H2,1H3,(H,21,22)/t11-,13+/m1/s1. The largest absolute Gasteiger partial charge is 0.480 e. The number of carbonyl (C=O) groups excluding carboxylic acids is 2. The Kier molecular flexibility index (Phi) is 4.04. The van der Waals surface area contributed by atoms with E-state index >= 15 is 0 Å². The maximum Gasteiger partial charge on any atom is 0.328 e. The van der Waals surface area contributed by atoms with Crippen molar-refractivity contribution in [3.8, 4) is 0 Å². The fraction of sp³-hybridized carbons (Fsp3) is 0.438. The summed E-state index contributed by atoms with van der Waals surface area (Å²) in [4.78, 5) is 39.3. The molecule has 1 N–H and O–H groups in total. The second-order valence-electron chi connectivity index (χ2n) is 5.73. The second kappa shape index (κ2) is 6.00. The van der Waals surface area contributed by atoms with Crippen molar-refractivity contribution in [3.63, 3.8) is 0 Å². The number of carbonyl (C=O) groups is 3. The molecule has 2 aliphatic heterocycles. The van der Waals surface area contributed by atoms with E-state index < -0.39 is 17.9 Å². The van der Waals surface area contributed by atoms with Crippen LogP contribution in [-0.2, 0) is 19.1 Å². The summed E-state index contributed by atoms with van der Waals surface area (Å²) in [6.07, 6.45) is 0.0516. The fourth-order valence-corrected chi connectivity index (χ4v) is 3.14. The van der Waals surface area contributed by atoms with Crippen molar-refractivity contribution >= 4 is 23.5 Å². The number of benzene rings is 1. The van der Waals surface area contributed by atoms with Crippen LogP contribution in [0.2, 0.25) is 0 Å². The molecule has 0 radical (unpaired) electrons. The van der Waals surface area contributed by atoms with Crippen molar-refractivity contribution in [1.82, 2.24) is 4.90 Å². The maximum absolute atomic E-state index is 12.9. The molecule has 2 aliphatic rings. The first-order chi connectivity index (χ1) is 11.0. The number of amides is 2. The van der Waals surface area contributed by atoms with Crippen LogP contribution in [0.25, 0.3) is 0 Å². The fourth-order valence-electron chi connectivity index (χ4n) is 3.14. The smallest absolute Gasteiger partial charge is 0.328 e. The predicted molar refractivity (Wildman–Crippen MR) is 81.2 cm³/mol. The van der Waals surface area contributed by atoms with Gasteiger partial charge in [-0.15, -0.1) is 0 Å². The highest BCUT2D eigenvalue weighted by molar-refractivity contribution is 6.03. The van der Waals surface area contributed by atoms with E-state index in [4.69, 9.17) is 4.74 Å². The summed E-state index contributed by atoms with van der Waals surface area (Å²) in [5.74, 6) is -2.21. The monoisotopic (exact) mass is 318 g/mol. The Morgan fingerprint density at radius 3 is 2.78 bits per heavy atom. The Hall–Kier alpha value is -2.41. The molecule has 0 unspecified atom stereocenters. The SMILES string of the molecule is CN1C(=O)C[C@@H](C(=O)N2CCOC[C@H]2C(=O)O)c2ccccc21. The van der Waals surface area contributed by atoms with Crippen LogP contribution in [0.4, 0.5) is 5.69 Å². The van der Waals surface area contributed by atoms with E-state index in [1.54, 1.807) is 13.1 Å². The minimum Gasteiger partial charge on any atom is -0.480 e. The molecule has 2 heterocycles. The van der Waals surface area contributed by atoms with E-state index in [1.807, 2.05) is 18.2 Å². The first-order valence-electron chi connectivity index (χ1n) is 7.47. The number of aliphatic carboxylic acids is 1. The van der Waals surface area contributed by atoms with Crippen LogP contribution >= 0.6 is 0 Å². The average molecular weight is 318 g/mol. The summed E-state index contributed by atoms with van der Waals surface area (Å²) in [6, 6.07) is 6.23. The molecule has 1 aromatic carbocycles. The van der Waals surface area contributed by atoms with Crippen molar-refractivity contribution in [2.45, 2.75) is 18.4 Å². The minimum atomic E-state index is -1.09. The number of hydrogen-bond donors (Lipinski definition) is 1. The number of anilines is 1. The van der Waals surface area contributed by atoms with Gasteiger partial charge in [0.25, 0.3) is 0 Å². The lowest BCUT2D eigenvalue weighted by Gasteiger charge is -2.38. The second-order valence-corrected chi connectivity index (χ2v) is 5.73. The van der Waals surface area contributed by atoms with Crippen molar-refractivity contribution in [2.75, 3.05) is 31.7 Å². The molecule has 0 aliphatic carbocycles. The molecule has 23 heavy (non-hydrogen) atoms. The molecule has 1 aromatic rings. The van der Waals surface area contributed by atoms with E-state index in [0.717, 1.165) is 5.56 Å². The number of para-hydroxylation sites is 1. The number of fused-ring (bicyclic) bond motifs is 1. The highest BCUT2D eigenvalue weighted by atomic mass is 16.5. The number of ether oxygens (including phenoxy) is 1. The zero-order valence-corrected chi connectivity index (χ0v) is 12.8. The summed E-state index contributed by atoms with van der Waals surface area (Å²) in [7, 11) is 1.68. The normalized spacial score (nSPS) is 24.3. The van der Waals surface area contributed by atoms with E-state index in [-0.39, 0.29) is 31.4 Å². The number of nitrogens with zero attached hydrogens (tertiary/aromatic N) is 2. The highest BCUT2D eigenvalue weighted by Gasteiger charge is 2.40. The zero-order chi connectivity index (χ0) is 16.6. The van der Waals surface area contributed by atoms with Crippen molar-refractivity contribution in [3.05, 3.63) is 29.8 Å². The summed E-state index contributed by atoms with van der Waals surface area (Å²) < 4.78 is 5.17. The van der Waals surface area contributed by atoms with E-state index in [0.29, 0.717) is 12.3 Å². The third-order valence-corrected chi connectivity index (χ3v) is 4.42. The minimum absolute atomic E-state index is 0.0245. The van der Waals surface area contributed by atoms with Crippen LogP contribution in [0.1, 0.15) is 17.9 Å². The van der Waals surface area contributed by atoms with Gasteiger partial charge in [0.05, 0.1) is 19.1 Å². The van der Waals surface area contributed by atoms with Crippen LogP contribution in [0.5, 0.6) is 0 Å². The molecule has 1 saturated heterocycles. The lowest BCUT2D eigenvalue weighted by Crippen LogP contribution is -2.54. The van der Waals surface area contributed by atoms with E-state index in [1.165, 1.54) is 9.80 Å². The van der Waals surface area contributed by atoms with E-state index in [9.17, 15) is 19.5 Å². The summed E-state index contributed by atoms with van der Waals surface area (Å²) >= 11 is 0. The molecule has 0 aromatic heterocycles. The maximum atomic E-state index is 12.9. The van der Waals surface area contributed by atoms with Gasteiger partial charge in [0.2, 0.25) is 11.8 Å². The average Bonchev–Trinajstić information content (AvgIpc) is 2.57. The van der Waals surface area contributed by atoms with Gasteiger partial charge in [0, 0.05) is 25.7 Å². The number of rotatable bonds is 2. The van der Waals surface area contributed by atoms with Crippen LogP contribution in [0.15, 0.2) is 24.3 Å². The van der Waals surface area contributed by atoms with Gasteiger partial charge in [-0.25, -0.2) is 4.79 Å². The van der Waals surface area contributed by atoms with Crippen LogP contribution in [0.3, 0.4) is 0 Å². The molecule has 1 fully saturated rings. The number of carboxylic acids is 1. The van der Waals surface area contributed by atoms with Gasteiger partial charge in [-0.1, -0.05) is 18.2 Å². The van der Waals surface area contributed by atoms with Crippen molar-refractivity contribution < 1.29 is 24.2 Å². The Morgan fingerprint density at radius 2 is 2.04 bits per heavy atom. The third kappa shape index (κ3) is 2.68. The van der Waals surface area contributed by atoms with Gasteiger partial charge in [-0.3, -0.25) is 9.59 Å². The Bertz CT molecular complexity index is 660. The highest BCUT2D eigenvalue weighted by Crippen LogP contribution is 2.36. The first kappa shape index (κ1) is 15.5. The van der Waals surface area contributed by atoms with Gasteiger partial charge in [-0.2, -0.15) is 0 Å². The topological polar surface area (TPSA) is 87.2 Å². The van der Waals surface area contributed by atoms with Crippen molar-refractivity contribution in [1.29, 1.82) is 0 Å². The molecule has 2 atom stereocenters. The molecule has 122 valence electrons. The molecule has 0 bridgehead atoms. The Labute approximate surface area is 133 Å². The summed E-state index contributed by atoms with van der Waals surface area (Å²) in [6.45, 7) is 0.500. The predicted octanol–water partition coefficient (Wildman–Crippen LogP) is 0.449. The van der Waals surface area contributed by atoms with Gasteiger partial charge in [-0.05, 0) is 11.6 Å². The third-order valence-electron chi connectivity index (χ3n) is 4.42. The Balaban J connectivity index is 1.94. The van der Waals surface area contributed by atoms with Gasteiger partial charge >= 0.3 is 5.97 Å². The van der Waals surface area contributed by atoms with Gasteiger partial charge in [0.1, 0.15) is 0 Å². The summed E-state index contributed by atoms with van der Waals surface area (Å²) in [5, 5.41) is 9.30.